The highest BCUT2D eigenvalue weighted by Gasteiger charge is 2.04. The van der Waals surface area contributed by atoms with E-state index in [0.29, 0.717) is 5.92 Å². The van der Waals surface area contributed by atoms with Gasteiger partial charge in [0.1, 0.15) is 5.82 Å². The lowest BCUT2D eigenvalue weighted by atomic mass is 10.0. The number of benzene rings is 1. The molecule has 0 aliphatic carbocycles. The van der Waals surface area contributed by atoms with Gasteiger partial charge in [0, 0.05) is 0 Å². The van der Waals surface area contributed by atoms with Crippen LogP contribution < -0.4 is 5.32 Å². The highest BCUT2D eigenvalue weighted by molar-refractivity contribution is 5.17. The summed E-state index contributed by atoms with van der Waals surface area (Å²) in [6.45, 7) is 6.32. The fourth-order valence-corrected chi connectivity index (χ4v) is 1.60. The van der Waals surface area contributed by atoms with Gasteiger partial charge >= 0.3 is 0 Å². The predicted octanol–water partition coefficient (Wildman–Crippen LogP) is 3.00. The van der Waals surface area contributed by atoms with Crippen LogP contribution >= 0.6 is 0 Å². The average molecular weight is 209 g/mol. The molecule has 1 nitrogen and oxygen atoms in total. The van der Waals surface area contributed by atoms with Crippen molar-refractivity contribution in [2.24, 2.45) is 5.92 Å². The molecule has 0 aliphatic rings. The molecule has 1 unspecified atom stereocenters. The molecule has 1 aromatic carbocycles. The van der Waals surface area contributed by atoms with E-state index in [1.54, 1.807) is 6.07 Å². The lowest BCUT2D eigenvalue weighted by Gasteiger charge is -2.11. The zero-order valence-electron chi connectivity index (χ0n) is 9.59. The first kappa shape index (κ1) is 12.2. The van der Waals surface area contributed by atoms with E-state index in [0.717, 1.165) is 31.5 Å². The molecule has 1 atom stereocenters. The van der Waals surface area contributed by atoms with E-state index in [1.165, 1.54) is 6.07 Å². The van der Waals surface area contributed by atoms with Gasteiger partial charge in [0.25, 0.3) is 0 Å². The fraction of sp³-hybridized carbons (Fsp3) is 0.538. The van der Waals surface area contributed by atoms with E-state index in [1.807, 2.05) is 12.1 Å². The molecule has 0 fully saturated rings. The fourth-order valence-electron chi connectivity index (χ4n) is 1.60. The number of hydrogen-bond acceptors (Lipinski definition) is 1. The normalized spacial score (nSPS) is 12.7. The van der Waals surface area contributed by atoms with Crippen molar-refractivity contribution < 1.29 is 4.39 Å². The zero-order chi connectivity index (χ0) is 11.1. The smallest absolute Gasteiger partial charge is 0.126 e. The summed E-state index contributed by atoms with van der Waals surface area (Å²) in [7, 11) is 0. The SMILES string of the molecule is CCNCC(C)CCc1ccccc1F. The van der Waals surface area contributed by atoms with Gasteiger partial charge in [-0.2, -0.15) is 0 Å². The van der Waals surface area contributed by atoms with Gasteiger partial charge in [-0.25, -0.2) is 4.39 Å². The topological polar surface area (TPSA) is 12.0 Å². The highest BCUT2D eigenvalue weighted by atomic mass is 19.1. The van der Waals surface area contributed by atoms with Crippen molar-refractivity contribution >= 4 is 0 Å². The third-order valence-corrected chi connectivity index (χ3v) is 2.61. The van der Waals surface area contributed by atoms with E-state index >= 15 is 0 Å². The van der Waals surface area contributed by atoms with Crippen LogP contribution in [0.15, 0.2) is 24.3 Å². The molecule has 2 heteroatoms. The van der Waals surface area contributed by atoms with Crippen molar-refractivity contribution in [1.29, 1.82) is 0 Å². The minimum atomic E-state index is -0.0758. The predicted molar refractivity (Wildman–Crippen MR) is 62.4 cm³/mol. The summed E-state index contributed by atoms with van der Waals surface area (Å²) in [5.74, 6) is 0.526. The molecule has 1 aromatic rings. The van der Waals surface area contributed by atoms with Crippen molar-refractivity contribution in [1.82, 2.24) is 5.32 Å². The lowest BCUT2D eigenvalue weighted by molar-refractivity contribution is 0.483. The first-order chi connectivity index (χ1) is 7.24. The molecule has 1 N–H and O–H groups in total. The van der Waals surface area contributed by atoms with Gasteiger partial charge in [0.15, 0.2) is 0 Å². The molecule has 1 rings (SSSR count). The number of halogens is 1. The average Bonchev–Trinajstić information content (AvgIpc) is 2.25. The molecule has 15 heavy (non-hydrogen) atoms. The monoisotopic (exact) mass is 209 g/mol. The molecule has 84 valence electrons. The Labute approximate surface area is 91.7 Å². The molecular weight excluding hydrogens is 189 g/mol. The van der Waals surface area contributed by atoms with Crippen LogP contribution in [0.3, 0.4) is 0 Å². The Balaban J connectivity index is 2.33. The van der Waals surface area contributed by atoms with Gasteiger partial charge in [0.05, 0.1) is 0 Å². The molecule has 0 radical (unpaired) electrons. The summed E-state index contributed by atoms with van der Waals surface area (Å²) in [5, 5.41) is 3.31. The van der Waals surface area contributed by atoms with Gasteiger partial charge in [-0.15, -0.1) is 0 Å². The number of nitrogens with one attached hydrogen (secondary N) is 1. The van der Waals surface area contributed by atoms with E-state index in [2.05, 4.69) is 19.2 Å². The van der Waals surface area contributed by atoms with Crippen LogP contribution in [0.25, 0.3) is 0 Å². The first-order valence-corrected chi connectivity index (χ1v) is 5.68. The molecule has 0 amide bonds. The number of hydrogen-bond donors (Lipinski definition) is 1. The van der Waals surface area contributed by atoms with Gasteiger partial charge < -0.3 is 5.32 Å². The van der Waals surface area contributed by atoms with E-state index in [9.17, 15) is 4.39 Å². The summed E-state index contributed by atoms with van der Waals surface area (Å²) in [5.41, 5.74) is 0.834. The summed E-state index contributed by atoms with van der Waals surface area (Å²) >= 11 is 0. The Kier molecular flexibility index (Phi) is 5.33. The molecular formula is C13H20FN. The van der Waals surface area contributed by atoms with Crippen LogP contribution in [0.2, 0.25) is 0 Å². The third kappa shape index (κ3) is 4.43. The van der Waals surface area contributed by atoms with Gasteiger partial charge in [-0.1, -0.05) is 32.0 Å². The Morgan fingerprint density at radius 3 is 2.73 bits per heavy atom. The van der Waals surface area contributed by atoms with Crippen LogP contribution in [-0.4, -0.2) is 13.1 Å². The first-order valence-electron chi connectivity index (χ1n) is 5.68. The second-order valence-corrected chi connectivity index (χ2v) is 4.04. The van der Waals surface area contributed by atoms with Crippen molar-refractivity contribution in [3.63, 3.8) is 0 Å². The largest absolute Gasteiger partial charge is 0.317 e. The molecule has 0 spiro atoms. The minimum absolute atomic E-state index is 0.0758. The minimum Gasteiger partial charge on any atom is -0.317 e. The molecule has 0 aliphatic heterocycles. The summed E-state index contributed by atoms with van der Waals surface area (Å²) in [4.78, 5) is 0. The van der Waals surface area contributed by atoms with Crippen LogP contribution in [0.4, 0.5) is 4.39 Å². The van der Waals surface area contributed by atoms with E-state index in [4.69, 9.17) is 0 Å². The second kappa shape index (κ2) is 6.57. The van der Waals surface area contributed by atoms with E-state index < -0.39 is 0 Å². The molecule has 0 saturated carbocycles. The second-order valence-electron chi connectivity index (χ2n) is 4.04. The van der Waals surface area contributed by atoms with Crippen LogP contribution in [0, 0.1) is 11.7 Å². The maximum Gasteiger partial charge on any atom is 0.126 e. The van der Waals surface area contributed by atoms with Crippen molar-refractivity contribution in [3.8, 4) is 0 Å². The molecule has 0 heterocycles. The Hall–Kier alpha value is -0.890. The summed E-state index contributed by atoms with van der Waals surface area (Å²) in [6, 6.07) is 7.04. The maximum atomic E-state index is 13.3. The third-order valence-electron chi connectivity index (χ3n) is 2.61. The van der Waals surface area contributed by atoms with Crippen molar-refractivity contribution in [3.05, 3.63) is 35.6 Å². The number of rotatable bonds is 6. The van der Waals surface area contributed by atoms with Gasteiger partial charge in [-0.05, 0) is 43.5 Å². The maximum absolute atomic E-state index is 13.3. The number of aryl methyl sites for hydroxylation is 1. The Bertz CT molecular complexity index is 286. The van der Waals surface area contributed by atoms with Gasteiger partial charge in [0.2, 0.25) is 0 Å². The van der Waals surface area contributed by atoms with E-state index in [-0.39, 0.29) is 5.82 Å². The van der Waals surface area contributed by atoms with Crippen LogP contribution in [0.5, 0.6) is 0 Å². The zero-order valence-corrected chi connectivity index (χ0v) is 9.59. The summed E-state index contributed by atoms with van der Waals surface area (Å²) in [6.07, 6.45) is 1.87. The van der Waals surface area contributed by atoms with Crippen molar-refractivity contribution in [2.45, 2.75) is 26.7 Å². The highest BCUT2D eigenvalue weighted by Crippen LogP contribution is 2.12. The molecule has 0 aromatic heterocycles. The summed E-state index contributed by atoms with van der Waals surface area (Å²) < 4.78 is 13.3. The standard InChI is InChI=1S/C13H20FN/c1-3-15-10-11(2)8-9-12-6-4-5-7-13(12)14/h4-7,11,15H,3,8-10H2,1-2H3. The quantitative estimate of drug-likeness (QED) is 0.759. The Morgan fingerprint density at radius 2 is 2.07 bits per heavy atom. The Morgan fingerprint density at radius 1 is 1.33 bits per heavy atom. The van der Waals surface area contributed by atoms with Crippen LogP contribution in [-0.2, 0) is 6.42 Å². The van der Waals surface area contributed by atoms with Gasteiger partial charge in [-0.3, -0.25) is 0 Å². The van der Waals surface area contributed by atoms with Crippen molar-refractivity contribution in [2.75, 3.05) is 13.1 Å². The lowest BCUT2D eigenvalue weighted by Crippen LogP contribution is -2.20. The van der Waals surface area contributed by atoms with Crippen LogP contribution in [0.1, 0.15) is 25.8 Å². The molecule has 0 saturated heterocycles. The molecule has 0 bridgehead atoms.